The van der Waals surface area contributed by atoms with Crippen molar-refractivity contribution >= 4 is 10.0 Å². The molecule has 8 heteroatoms. The summed E-state index contributed by atoms with van der Waals surface area (Å²) in [6.45, 7) is 1.11. The molecule has 26 heavy (non-hydrogen) atoms. The molecule has 2 fully saturated rings. The standard InChI is InChI=1S/C18H22FN3O3S/c19-16-6-2-3-7-17(16)22-13-15(12-20-22)26(23,24)21-10-11-25-18(14-21)8-4-1-5-9-18/h2-3,6-7,12-13H,1,4-5,8-11,14H2. The molecule has 4 rings (SSSR count). The van der Waals surface area contributed by atoms with E-state index in [-0.39, 0.29) is 16.2 Å². The first-order valence-corrected chi connectivity index (χ1v) is 10.4. The smallest absolute Gasteiger partial charge is 0.246 e. The summed E-state index contributed by atoms with van der Waals surface area (Å²) in [5.74, 6) is -0.452. The Morgan fingerprint density at radius 3 is 2.69 bits per heavy atom. The van der Waals surface area contributed by atoms with Gasteiger partial charge in [0.25, 0.3) is 0 Å². The zero-order valence-electron chi connectivity index (χ0n) is 14.5. The van der Waals surface area contributed by atoms with Crippen molar-refractivity contribution in [3.05, 3.63) is 42.5 Å². The lowest BCUT2D eigenvalue weighted by Crippen LogP contribution is -2.54. The van der Waals surface area contributed by atoms with E-state index in [0.29, 0.717) is 19.7 Å². The molecular weight excluding hydrogens is 357 g/mol. The van der Waals surface area contributed by atoms with Crippen molar-refractivity contribution in [1.29, 1.82) is 0 Å². The molecule has 1 aromatic carbocycles. The molecule has 0 N–H and O–H groups in total. The van der Waals surface area contributed by atoms with Gasteiger partial charge < -0.3 is 4.74 Å². The lowest BCUT2D eigenvalue weighted by atomic mass is 9.84. The maximum atomic E-state index is 13.9. The van der Waals surface area contributed by atoms with Crippen molar-refractivity contribution in [2.24, 2.45) is 0 Å². The SMILES string of the molecule is O=S(=O)(c1cnn(-c2ccccc2F)c1)N1CCOC2(CCCCC2)C1. The van der Waals surface area contributed by atoms with Crippen molar-refractivity contribution in [2.75, 3.05) is 19.7 Å². The highest BCUT2D eigenvalue weighted by molar-refractivity contribution is 7.89. The molecule has 0 bridgehead atoms. The van der Waals surface area contributed by atoms with Gasteiger partial charge in [-0.1, -0.05) is 31.4 Å². The summed E-state index contributed by atoms with van der Waals surface area (Å²) < 4.78 is 48.8. The largest absolute Gasteiger partial charge is 0.372 e. The van der Waals surface area contributed by atoms with Crippen molar-refractivity contribution in [3.8, 4) is 5.69 Å². The van der Waals surface area contributed by atoms with Crippen molar-refractivity contribution < 1.29 is 17.5 Å². The second kappa shape index (κ2) is 6.75. The average Bonchev–Trinajstić information content (AvgIpc) is 3.13. The molecule has 1 saturated carbocycles. The topological polar surface area (TPSA) is 64.4 Å². The zero-order chi connectivity index (χ0) is 18.2. The van der Waals surface area contributed by atoms with E-state index in [0.717, 1.165) is 25.7 Å². The average molecular weight is 379 g/mol. The van der Waals surface area contributed by atoms with Crippen LogP contribution in [0.4, 0.5) is 4.39 Å². The summed E-state index contributed by atoms with van der Waals surface area (Å²) in [6.07, 6.45) is 7.76. The van der Waals surface area contributed by atoms with Crippen molar-refractivity contribution in [2.45, 2.75) is 42.6 Å². The minimum absolute atomic E-state index is 0.0774. The fourth-order valence-corrected chi connectivity index (χ4v) is 5.30. The molecule has 0 unspecified atom stereocenters. The summed E-state index contributed by atoms with van der Waals surface area (Å²) in [4.78, 5) is 0.0774. The van der Waals surface area contributed by atoms with Gasteiger partial charge in [0.2, 0.25) is 10.0 Å². The summed E-state index contributed by atoms with van der Waals surface area (Å²) in [6, 6.07) is 6.14. The van der Waals surface area contributed by atoms with Gasteiger partial charge in [0.05, 0.1) is 24.6 Å². The fraction of sp³-hybridized carbons (Fsp3) is 0.500. The van der Waals surface area contributed by atoms with Crippen LogP contribution < -0.4 is 0 Å². The molecule has 6 nitrogen and oxygen atoms in total. The third-order valence-corrected chi connectivity index (χ3v) is 7.07. The molecule has 0 atom stereocenters. The highest BCUT2D eigenvalue weighted by Crippen LogP contribution is 2.36. The van der Waals surface area contributed by atoms with Crippen LogP contribution in [0.15, 0.2) is 41.6 Å². The Balaban J connectivity index is 1.60. The van der Waals surface area contributed by atoms with Crippen LogP contribution in [0.5, 0.6) is 0 Å². The lowest BCUT2D eigenvalue weighted by molar-refractivity contribution is -0.109. The van der Waals surface area contributed by atoms with Gasteiger partial charge in [-0.3, -0.25) is 0 Å². The molecule has 0 radical (unpaired) electrons. The maximum Gasteiger partial charge on any atom is 0.246 e. The Morgan fingerprint density at radius 2 is 1.92 bits per heavy atom. The molecule has 1 aromatic heterocycles. The number of benzene rings is 1. The van der Waals surface area contributed by atoms with Gasteiger partial charge in [-0.25, -0.2) is 17.5 Å². The fourth-order valence-electron chi connectivity index (χ4n) is 3.87. The molecule has 1 aliphatic heterocycles. The number of morpholine rings is 1. The van der Waals surface area contributed by atoms with Gasteiger partial charge in [0, 0.05) is 13.1 Å². The Labute approximate surface area is 152 Å². The van der Waals surface area contributed by atoms with Crippen molar-refractivity contribution in [3.63, 3.8) is 0 Å². The minimum atomic E-state index is -3.69. The maximum absolute atomic E-state index is 13.9. The number of rotatable bonds is 3. The number of halogens is 1. The Kier molecular flexibility index (Phi) is 4.58. The van der Waals surface area contributed by atoms with Crippen LogP contribution in [-0.4, -0.2) is 47.8 Å². The first kappa shape index (κ1) is 17.6. The summed E-state index contributed by atoms with van der Waals surface area (Å²) in [5.41, 5.74) is -0.134. The number of hydrogen-bond donors (Lipinski definition) is 0. The van der Waals surface area contributed by atoms with E-state index in [1.165, 1.54) is 33.9 Å². The Bertz CT molecular complexity index is 885. The van der Waals surface area contributed by atoms with Crippen molar-refractivity contribution in [1.82, 2.24) is 14.1 Å². The van der Waals surface area contributed by atoms with E-state index in [1.807, 2.05) is 0 Å². The Hall–Kier alpha value is -1.77. The van der Waals surface area contributed by atoms with Crippen LogP contribution in [0.3, 0.4) is 0 Å². The van der Waals surface area contributed by atoms with Crippen LogP contribution in [0.2, 0.25) is 0 Å². The molecule has 2 aliphatic rings. The third-order valence-electron chi connectivity index (χ3n) is 5.27. The summed E-state index contributed by atoms with van der Waals surface area (Å²) >= 11 is 0. The van der Waals surface area contributed by atoms with Gasteiger partial charge in [-0.2, -0.15) is 9.40 Å². The van der Waals surface area contributed by atoms with Gasteiger partial charge >= 0.3 is 0 Å². The predicted molar refractivity (Wildman–Crippen MR) is 94.0 cm³/mol. The summed E-state index contributed by atoms with van der Waals surface area (Å²) in [5, 5.41) is 4.05. The quantitative estimate of drug-likeness (QED) is 0.823. The third kappa shape index (κ3) is 3.17. The number of para-hydroxylation sites is 1. The van der Waals surface area contributed by atoms with Gasteiger partial charge in [0.15, 0.2) is 0 Å². The van der Waals surface area contributed by atoms with Crippen LogP contribution in [-0.2, 0) is 14.8 Å². The second-order valence-corrected chi connectivity index (χ2v) is 8.94. The Morgan fingerprint density at radius 1 is 1.15 bits per heavy atom. The van der Waals surface area contributed by atoms with Crippen LogP contribution in [0.1, 0.15) is 32.1 Å². The molecule has 2 heterocycles. The minimum Gasteiger partial charge on any atom is -0.372 e. The molecule has 140 valence electrons. The predicted octanol–water partition coefficient (Wildman–Crippen LogP) is 2.74. The van der Waals surface area contributed by atoms with Gasteiger partial charge in [0.1, 0.15) is 16.4 Å². The molecule has 1 spiro atoms. The second-order valence-electron chi connectivity index (χ2n) is 7.00. The van der Waals surface area contributed by atoms with E-state index < -0.39 is 15.8 Å². The first-order valence-electron chi connectivity index (χ1n) is 8.94. The molecule has 0 amide bonds. The van der Waals surface area contributed by atoms with E-state index in [4.69, 9.17) is 4.74 Å². The summed E-state index contributed by atoms with van der Waals surface area (Å²) in [7, 11) is -3.69. The number of hydrogen-bond acceptors (Lipinski definition) is 4. The lowest BCUT2D eigenvalue weighted by Gasteiger charge is -2.44. The van der Waals surface area contributed by atoms with E-state index >= 15 is 0 Å². The van der Waals surface area contributed by atoms with Crippen LogP contribution in [0.25, 0.3) is 5.69 Å². The van der Waals surface area contributed by atoms with E-state index in [2.05, 4.69) is 5.10 Å². The first-order chi connectivity index (χ1) is 12.5. The zero-order valence-corrected chi connectivity index (χ0v) is 15.3. The van der Waals surface area contributed by atoms with Crippen LogP contribution in [0, 0.1) is 5.82 Å². The van der Waals surface area contributed by atoms with E-state index in [1.54, 1.807) is 18.2 Å². The number of sulfonamides is 1. The monoisotopic (exact) mass is 379 g/mol. The van der Waals surface area contributed by atoms with E-state index in [9.17, 15) is 12.8 Å². The number of nitrogens with zero attached hydrogens (tertiary/aromatic N) is 3. The van der Waals surface area contributed by atoms with Crippen LogP contribution >= 0.6 is 0 Å². The molecule has 1 saturated heterocycles. The number of ether oxygens (including phenoxy) is 1. The highest BCUT2D eigenvalue weighted by atomic mass is 32.2. The number of aromatic nitrogens is 2. The van der Waals surface area contributed by atoms with Gasteiger partial charge in [-0.05, 0) is 25.0 Å². The normalized spacial score (nSPS) is 21.1. The molecular formula is C18H22FN3O3S. The highest BCUT2D eigenvalue weighted by Gasteiger charge is 2.42. The molecule has 2 aromatic rings. The van der Waals surface area contributed by atoms with Gasteiger partial charge in [-0.15, -0.1) is 0 Å². The molecule has 1 aliphatic carbocycles.